The van der Waals surface area contributed by atoms with Gasteiger partial charge in [0.1, 0.15) is 5.01 Å². The first kappa shape index (κ1) is 19.9. The van der Waals surface area contributed by atoms with Crippen molar-refractivity contribution in [3.8, 4) is 0 Å². The number of aromatic nitrogens is 2. The second kappa shape index (κ2) is 8.94. The fraction of sp³-hybridized carbons (Fsp3) is 0.600. The number of nitrogens with zero attached hydrogens (tertiary/aromatic N) is 3. The van der Waals surface area contributed by atoms with Gasteiger partial charge < -0.3 is 14.6 Å². The van der Waals surface area contributed by atoms with Crippen LogP contribution in [-0.2, 0) is 0 Å². The van der Waals surface area contributed by atoms with Gasteiger partial charge >= 0.3 is 6.03 Å². The van der Waals surface area contributed by atoms with Crippen LogP contribution in [0.3, 0.4) is 0 Å². The van der Waals surface area contributed by atoms with Gasteiger partial charge in [0, 0.05) is 30.6 Å². The molecule has 29 heavy (non-hydrogen) atoms. The Balaban J connectivity index is 1.24. The van der Waals surface area contributed by atoms with Crippen molar-refractivity contribution in [2.24, 2.45) is 0 Å². The zero-order chi connectivity index (χ0) is 20.2. The zero-order valence-electron chi connectivity index (χ0n) is 16.6. The van der Waals surface area contributed by atoms with Crippen LogP contribution in [0.1, 0.15) is 72.0 Å². The third kappa shape index (κ3) is 4.77. The molecule has 4 rings (SSSR count). The molecule has 2 aromatic heterocycles. The molecule has 3 amide bonds. The first-order valence-electron chi connectivity index (χ1n) is 10.3. The van der Waals surface area contributed by atoms with Crippen LogP contribution in [0, 0.1) is 6.92 Å². The van der Waals surface area contributed by atoms with Crippen molar-refractivity contribution < 1.29 is 14.0 Å². The van der Waals surface area contributed by atoms with E-state index in [1.54, 1.807) is 11.0 Å². The van der Waals surface area contributed by atoms with E-state index in [4.69, 9.17) is 4.42 Å². The highest BCUT2D eigenvalue weighted by Crippen LogP contribution is 2.35. The molecule has 1 aliphatic carbocycles. The Morgan fingerprint density at radius 2 is 1.90 bits per heavy atom. The molecule has 156 valence electrons. The van der Waals surface area contributed by atoms with Crippen LogP contribution in [0.25, 0.3) is 0 Å². The van der Waals surface area contributed by atoms with Crippen LogP contribution in [0.5, 0.6) is 0 Å². The van der Waals surface area contributed by atoms with Crippen LogP contribution in [0.4, 0.5) is 9.93 Å². The number of hydrogen-bond donors (Lipinski definition) is 2. The van der Waals surface area contributed by atoms with Crippen molar-refractivity contribution in [2.45, 2.75) is 63.8 Å². The van der Waals surface area contributed by atoms with E-state index >= 15 is 0 Å². The summed E-state index contributed by atoms with van der Waals surface area (Å²) in [5.74, 6) is 0.652. The number of amides is 3. The maximum absolute atomic E-state index is 12.6. The first-order chi connectivity index (χ1) is 14.1. The molecule has 0 bridgehead atoms. The molecule has 0 atom stereocenters. The molecular weight excluding hydrogens is 390 g/mol. The maximum atomic E-state index is 12.6. The Morgan fingerprint density at radius 3 is 2.59 bits per heavy atom. The van der Waals surface area contributed by atoms with Gasteiger partial charge in [-0.25, -0.2) is 4.79 Å². The minimum Gasteiger partial charge on any atom is -0.459 e. The summed E-state index contributed by atoms with van der Waals surface area (Å²) in [7, 11) is 0. The fourth-order valence-corrected chi connectivity index (χ4v) is 4.96. The number of furan rings is 1. The molecule has 1 saturated heterocycles. The topological polar surface area (TPSA) is 100 Å². The monoisotopic (exact) mass is 417 g/mol. The maximum Gasteiger partial charge on any atom is 0.323 e. The molecule has 1 saturated carbocycles. The van der Waals surface area contributed by atoms with Crippen molar-refractivity contribution in [1.82, 2.24) is 20.4 Å². The number of anilines is 1. The molecule has 2 aliphatic rings. The molecule has 2 fully saturated rings. The van der Waals surface area contributed by atoms with Crippen LogP contribution in [0.2, 0.25) is 0 Å². The number of aryl methyl sites for hydroxylation is 1. The average Bonchev–Trinajstić information content (AvgIpc) is 3.38. The number of hydrogen-bond acceptors (Lipinski definition) is 6. The van der Waals surface area contributed by atoms with E-state index in [1.165, 1.54) is 49.7 Å². The molecule has 1 aliphatic heterocycles. The Morgan fingerprint density at radius 1 is 1.14 bits per heavy atom. The Hall–Kier alpha value is -2.42. The predicted octanol–water partition coefficient (Wildman–Crippen LogP) is 3.91. The lowest BCUT2D eigenvalue weighted by Gasteiger charge is -2.32. The van der Waals surface area contributed by atoms with E-state index in [0.29, 0.717) is 42.7 Å². The molecular formula is C20H27N5O3S. The highest BCUT2D eigenvalue weighted by Gasteiger charge is 2.26. The minimum atomic E-state index is -0.195. The van der Waals surface area contributed by atoms with Gasteiger partial charge in [-0.3, -0.25) is 10.1 Å². The largest absolute Gasteiger partial charge is 0.459 e. The van der Waals surface area contributed by atoms with Gasteiger partial charge in [-0.2, -0.15) is 0 Å². The van der Waals surface area contributed by atoms with E-state index < -0.39 is 0 Å². The summed E-state index contributed by atoms with van der Waals surface area (Å²) in [6.07, 6.45) is 9.07. The molecule has 3 heterocycles. The standard InChI is InChI=1S/C20H27N5O3S/c1-13-9-12-28-16(13)17(26)21-15-7-10-25(11-8-15)20(27)22-19-24-23-18(29-19)14-5-3-2-4-6-14/h9,12,14-15H,2-8,10-11H2,1H3,(H,21,26)(H,22,24,27). The normalized spacial score (nSPS) is 18.6. The van der Waals surface area contributed by atoms with E-state index in [0.717, 1.165) is 10.6 Å². The predicted molar refractivity (Wildman–Crippen MR) is 110 cm³/mol. The van der Waals surface area contributed by atoms with Gasteiger partial charge in [-0.05, 0) is 38.7 Å². The minimum absolute atomic E-state index is 0.0375. The summed E-state index contributed by atoms with van der Waals surface area (Å²) in [4.78, 5) is 26.6. The molecule has 0 radical (unpaired) electrons. The molecule has 0 unspecified atom stereocenters. The van der Waals surface area contributed by atoms with Crippen molar-refractivity contribution in [3.63, 3.8) is 0 Å². The van der Waals surface area contributed by atoms with Gasteiger partial charge in [0.15, 0.2) is 5.76 Å². The van der Waals surface area contributed by atoms with Crippen LogP contribution in [-0.4, -0.2) is 46.2 Å². The van der Waals surface area contributed by atoms with Crippen LogP contribution in [0.15, 0.2) is 16.7 Å². The summed E-state index contributed by atoms with van der Waals surface area (Å²) in [5.41, 5.74) is 0.823. The van der Waals surface area contributed by atoms with E-state index in [2.05, 4.69) is 20.8 Å². The van der Waals surface area contributed by atoms with E-state index in [1.807, 2.05) is 6.92 Å². The van der Waals surface area contributed by atoms with Crippen molar-refractivity contribution in [3.05, 3.63) is 28.7 Å². The van der Waals surface area contributed by atoms with Gasteiger partial charge in [0.05, 0.1) is 6.26 Å². The van der Waals surface area contributed by atoms with E-state index in [-0.39, 0.29) is 18.0 Å². The van der Waals surface area contributed by atoms with Crippen molar-refractivity contribution in [2.75, 3.05) is 18.4 Å². The third-order valence-electron chi connectivity index (χ3n) is 5.79. The van der Waals surface area contributed by atoms with Crippen molar-refractivity contribution in [1.29, 1.82) is 0 Å². The molecule has 2 N–H and O–H groups in total. The molecule has 2 aromatic rings. The average molecular weight is 418 g/mol. The smallest absolute Gasteiger partial charge is 0.323 e. The fourth-order valence-electron chi connectivity index (χ4n) is 4.05. The lowest BCUT2D eigenvalue weighted by atomic mass is 9.90. The lowest BCUT2D eigenvalue weighted by Crippen LogP contribution is -2.47. The number of carbonyl (C=O) groups is 2. The van der Waals surface area contributed by atoms with Crippen LogP contribution >= 0.6 is 11.3 Å². The second-order valence-electron chi connectivity index (χ2n) is 7.88. The Kier molecular flexibility index (Phi) is 6.13. The lowest BCUT2D eigenvalue weighted by molar-refractivity contribution is 0.0890. The molecule has 0 aromatic carbocycles. The third-order valence-corrected chi connectivity index (χ3v) is 6.80. The molecule has 8 nitrogen and oxygen atoms in total. The zero-order valence-corrected chi connectivity index (χ0v) is 17.5. The number of rotatable bonds is 4. The number of urea groups is 1. The summed E-state index contributed by atoms with van der Waals surface area (Å²) < 4.78 is 5.24. The van der Waals surface area contributed by atoms with Crippen molar-refractivity contribution >= 4 is 28.4 Å². The summed E-state index contributed by atoms with van der Waals surface area (Å²) in [6.45, 7) is 3.02. The summed E-state index contributed by atoms with van der Waals surface area (Å²) >= 11 is 1.49. The Bertz CT molecular complexity index is 850. The first-order valence-corrected chi connectivity index (χ1v) is 11.2. The van der Waals surface area contributed by atoms with Gasteiger partial charge in [-0.15, -0.1) is 10.2 Å². The Labute approximate surface area is 174 Å². The highest BCUT2D eigenvalue weighted by molar-refractivity contribution is 7.15. The number of carbonyl (C=O) groups excluding carboxylic acids is 2. The van der Waals surface area contributed by atoms with Gasteiger partial charge in [-0.1, -0.05) is 30.6 Å². The molecule has 9 heteroatoms. The number of piperidine rings is 1. The van der Waals surface area contributed by atoms with E-state index in [9.17, 15) is 9.59 Å². The second-order valence-corrected chi connectivity index (χ2v) is 8.89. The summed E-state index contributed by atoms with van der Waals surface area (Å²) in [6, 6.07) is 1.66. The van der Waals surface area contributed by atoms with Crippen LogP contribution < -0.4 is 10.6 Å². The SMILES string of the molecule is Cc1ccoc1C(=O)NC1CCN(C(=O)Nc2nnc(C3CCCCC3)s2)CC1. The van der Waals surface area contributed by atoms with Gasteiger partial charge in [0.2, 0.25) is 5.13 Å². The highest BCUT2D eigenvalue weighted by atomic mass is 32.1. The number of nitrogens with one attached hydrogen (secondary N) is 2. The quantitative estimate of drug-likeness (QED) is 0.785. The number of likely N-dealkylation sites (tertiary alicyclic amines) is 1. The summed E-state index contributed by atoms with van der Waals surface area (Å²) in [5, 5.41) is 15.9. The van der Waals surface area contributed by atoms with Gasteiger partial charge in [0.25, 0.3) is 5.91 Å². The molecule has 0 spiro atoms.